The summed E-state index contributed by atoms with van der Waals surface area (Å²) >= 11 is 3.47. The number of unbranched alkanes of at least 4 members (excludes halogenated alkanes) is 1. The van der Waals surface area contributed by atoms with Gasteiger partial charge in [-0.15, -0.1) is 0 Å². The van der Waals surface area contributed by atoms with Gasteiger partial charge in [0.1, 0.15) is 0 Å². The van der Waals surface area contributed by atoms with E-state index in [0.29, 0.717) is 5.92 Å². The van der Waals surface area contributed by atoms with E-state index in [9.17, 15) is 5.11 Å². The van der Waals surface area contributed by atoms with Crippen LogP contribution in [0.25, 0.3) is 0 Å². The molecule has 0 aromatic heterocycles. The molecule has 96 valence electrons. The third-order valence-corrected chi connectivity index (χ3v) is 3.82. The van der Waals surface area contributed by atoms with Gasteiger partial charge >= 0.3 is 0 Å². The second kappa shape index (κ2) is 7.88. The van der Waals surface area contributed by atoms with E-state index in [0.717, 1.165) is 23.7 Å². The highest BCUT2D eigenvalue weighted by molar-refractivity contribution is 9.10. The van der Waals surface area contributed by atoms with E-state index < -0.39 is 0 Å². The zero-order chi connectivity index (χ0) is 12.7. The van der Waals surface area contributed by atoms with Gasteiger partial charge in [0.2, 0.25) is 0 Å². The molecule has 0 saturated carbocycles. The molecule has 0 aliphatic carbocycles. The quantitative estimate of drug-likeness (QED) is 0.782. The molecule has 1 N–H and O–H groups in total. The molecule has 1 rings (SSSR count). The fourth-order valence-electron chi connectivity index (χ4n) is 2.21. The minimum absolute atomic E-state index is 0.208. The Kier molecular flexibility index (Phi) is 6.83. The van der Waals surface area contributed by atoms with Crippen LogP contribution in [-0.4, -0.2) is 11.2 Å². The van der Waals surface area contributed by atoms with Gasteiger partial charge in [0.25, 0.3) is 0 Å². The molecule has 1 nitrogen and oxygen atoms in total. The lowest BCUT2D eigenvalue weighted by molar-refractivity contribution is 0.0987. The van der Waals surface area contributed by atoms with Crippen LogP contribution >= 0.6 is 15.9 Å². The minimum Gasteiger partial charge on any atom is -0.392 e. The highest BCUT2D eigenvalue weighted by Gasteiger charge is 2.17. The number of hydrogen-bond acceptors (Lipinski definition) is 1. The molecule has 0 spiro atoms. The first-order valence-corrected chi connectivity index (χ1v) is 7.39. The van der Waals surface area contributed by atoms with Crippen LogP contribution in [0.5, 0.6) is 0 Å². The highest BCUT2D eigenvalue weighted by Crippen LogP contribution is 2.21. The summed E-state index contributed by atoms with van der Waals surface area (Å²) < 4.78 is 1.09. The monoisotopic (exact) mass is 298 g/mol. The number of hydrogen-bond donors (Lipinski definition) is 1. The van der Waals surface area contributed by atoms with Gasteiger partial charge in [-0.25, -0.2) is 0 Å². The first-order chi connectivity index (χ1) is 8.17. The number of halogens is 1. The van der Waals surface area contributed by atoms with Gasteiger partial charge in [0, 0.05) is 4.47 Å². The number of rotatable bonds is 7. The van der Waals surface area contributed by atoms with Crippen LogP contribution in [0.15, 0.2) is 28.7 Å². The Labute approximate surface area is 113 Å². The Morgan fingerprint density at radius 3 is 2.65 bits per heavy atom. The van der Waals surface area contributed by atoms with Crippen molar-refractivity contribution < 1.29 is 5.11 Å². The fraction of sp³-hybridized carbons (Fsp3) is 0.600. The first kappa shape index (κ1) is 14.7. The number of aliphatic hydroxyl groups excluding tert-OH is 1. The van der Waals surface area contributed by atoms with Gasteiger partial charge < -0.3 is 5.11 Å². The zero-order valence-corrected chi connectivity index (χ0v) is 12.4. The van der Waals surface area contributed by atoms with E-state index in [1.54, 1.807) is 0 Å². The normalized spacial score (nSPS) is 14.6. The third-order valence-electron chi connectivity index (χ3n) is 3.33. The molecule has 0 saturated heterocycles. The van der Waals surface area contributed by atoms with Crippen molar-refractivity contribution in [3.8, 4) is 0 Å². The maximum atomic E-state index is 10.3. The van der Waals surface area contributed by atoms with Crippen molar-refractivity contribution in [3.05, 3.63) is 34.3 Å². The van der Waals surface area contributed by atoms with Crippen molar-refractivity contribution >= 4 is 15.9 Å². The highest BCUT2D eigenvalue weighted by atomic mass is 79.9. The summed E-state index contributed by atoms with van der Waals surface area (Å²) in [6.07, 6.45) is 5.19. The lowest BCUT2D eigenvalue weighted by atomic mass is 9.90. The molecule has 0 aliphatic rings. The van der Waals surface area contributed by atoms with Gasteiger partial charge in [-0.2, -0.15) is 0 Å². The summed E-state index contributed by atoms with van der Waals surface area (Å²) in [4.78, 5) is 0. The van der Waals surface area contributed by atoms with Crippen LogP contribution in [0.1, 0.15) is 45.1 Å². The van der Waals surface area contributed by atoms with Gasteiger partial charge in [-0.3, -0.25) is 0 Å². The molecule has 0 aliphatic heterocycles. The van der Waals surface area contributed by atoms with Crippen molar-refractivity contribution in [2.24, 2.45) is 5.92 Å². The van der Waals surface area contributed by atoms with Crippen LogP contribution in [0.4, 0.5) is 0 Å². The Morgan fingerprint density at radius 1 is 1.29 bits per heavy atom. The molecule has 0 heterocycles. The predicted octanol–water partition coefficient (Wildman–Crippen LogP) is 4.57. The molecule has 1 aromatic carbocycles. The minimum atomic E-state index is -0.208. The summed E-state index contributed by atoms with van der Waals surface area (Å²) in [6.45, 7) is 4.37. The van der Waals surface area contributed by atoms with E-state index in [2.05, 4.69) is 41.9 Å². The molecule has 1 aromatic rings. The molecular weight excluding hydrogens is 276 g/mol. The molecule has 2 atom stereocenters. The fourth-order valence-corrected chi connectivity index (χ4v) is 2.65. The summed E-state index contributed by atoms with van der Waals surface area (Å²) in [6, 6.07) is 8.22. The van der Waals surface area contributed by atoms with E-state index in [4.69, 9.17) is 0 Å². The average Bonchev–Trinajstić information content (AvgIpc) is 2.30. The van der Waals surface area contributed by atoms with E-state index in [-0.39, 0.29) is 6.10 Å². The SMILES string of the molecule is CCCCC(CC)C(O)Cc1cccc(Br)c1. The van der Waals surface area contributed by atoms with Crippen molar-refractivity contribution in [1.82, 2.24) is 0 Å². The van der Waals surface area contributed by atoms with E-state index >= 15 is 0 Å². The molecule has 2 unspecified atom stereocenters. The predicted molar refractivity (Wildman–Crippen MR) is 77.2 cm³/mol. The average molecular weight is 299 g/mol. The molecule has 0 fully saturated rings. The van der Waals surface area contributed by atoms with Gasteiger partial charge in [0.15, 0.2) is 0 Å². The van der Waals surface area contributed by atoms with E-state index in [1.165, 1.54) is 18.4 Å². The van der Waals surface area contributed by atoms with E-state index in [1.807, 2.05) is 12.1 Å². The largest absolute Gasteiger partial charge is 0.392 e. The van der Waals surface area contributed by atoms with Crippen molar-refractivity contribution in [1.29, 1.82) is 0 Å². The van der Waals surface area contributed by atoms with Gasteiger partial charge in [0.05, 0.1) is 6.10 Å². The first-order valence-electron chi connectivity index (χ1n) is 6.59. The van der Waals surface area contributed by atoms with Crippen LogP contribution in [-0.2, 0) is 6.42 Å². The Hall–Kier alpha value is -0.340. The molecule has 0 amide bonds. The number of aliphatic hydroxyl groups is 1. The van der Waals surface area contributed by atoms with Crippen LogP contribution < -0.4 is 0 Å². The second-order valence-electron chi connectivity index (χ2n) is 4.71. The van der Waals surface area contributed by atoms with Crippen molar-refractivity contribution in [2.75, 3.05) is 0 Å². The lowest BCUT2D eigenvalue weighted by Crippen LogP contribution is -2.22. The Morgan fingerprint density at radius 2 is 2.06 bits per heavy atom. The van der Waals surface area contributed by atoms with Crippen LogP contribution in [0, 0.1) is 5.92 Å². The topological polar surface area (TPSA) is 20.2 Å². The summed E-state index contributed by atoms with van der Waals surface area (Å²) in [5, 5.41) is 10.3. The zero-order valence-electron chi connectivity index (χ0n) is 10.8. The number of benzene rings is 1. The Bertz CT molecular complexity index is 324. The maximum absolute atomic E-state index is 10.3. The summed E-state index contributed by atoms with van der Waals surface area (Å²) in [5.74, 6) is 0.439. The summed E-state index contributed by atoms with van der Waals surface area (Å²) in [7, 11) is 0. The molecule has 2 heteroatoms. The third kappa shape index (κ3) is 5.22. The molecule has 0 bridgehead atoms. The molecule has 0 radical (unpaired) electrons. The lowest BCUT2D eigenvalue weighted by Gasteiger charge is -2.21. The van der Waals surface area contributed by atoms with Gasteiger partial charge in [-0.1, -0.05) is 61.2 Å². The second-order valence-corrected chi connectivity index (χ2v) is 5.63. The van der Waals surface area contributed by atoms with Gasteiger partial charge in [-0.05, 0) is 36.5 Å². The van der Waals surface area contributed by atoms with Crippen molar-refractivity contribution in [2.45, 2.75) is 52.1 Å². The molecule has 17 heavy (non-hydrogen) atoms. The Balaban J connectivity index is 2.54. The van der Waals surface area contributed by atoms with Crippen molar-refractivity contribution in [3.63, 3.8) is 0 Å². The summed E-state index contributed by atoms with van der Waals surface area (Å²) in [5.41, 5.74) is 1.21. The molecular formula is C15H23BrO. The standard InChI is InChI=1S/C15H23BrO/c1-3-5-8-13(4-2)15(17)11-12-7-6-9-14(16)10-12/h6-7,9-10,13,15,17H,3-5,8,11H2,1-2H3. The smallest absolute Gasteiger partial charge is 0.0608 e. The van der Waals surface area contributed by atoms with Crippen LogP contribution in [0.3, 0.4) is 0 Å². The van der Waals surface area contributed by atoms with Crippen LogP contribution in [0.2, 0.25) is 0 Å². The maximum Gasteiger partial charge on any atom is 0.0608 e.